The molecule has 0 radical (unpaired) electrons. The quantitative estimate of drug-likeness (QED) is 0.764. The second-order valence-corrected chi connectivity index (χ2v) is 3.21. The van der Waals surface area contributed by atoms with E-state index < -0.39 is 0 Å². The lowest BCUT2D eigenvalue weighted by atomic mass is 9.97. The highest BCUT2D eigenvalue weighted by Gasteiger charge is 2.09. The Hall–Kier alpha value is -1.53. The lowest BCUT2D eigenvalue weighted by Crippen LogP contribution is -2.11. The SMILES string of the molecule is CCc1cc(O)ccc1[C@@H](N)CC#N. The molecule has 1 atom stereocenters. The summed E-state index contributed by atoms with van der Waals surface area (Å²) in [6.45, 7) is 2.00. The molecule has 3 nitrogen and oxygen atoms in total. The Kier molecular flexibility index (Phi) is 3.49. The number of aryl methyl sites for hydroxylation is 1. The van der Waals surface area contributed by atoms with E-state index in [1.165, 1.54) is 0 Å². The zero-order chi connectivity index (χ0) is 10.6. The molecule has 0 bridgehead atoms. The van der Waals surface area contributed by atoms with Gasteiger partial charge in [0, 0.05) is 6.04 Å². The molecule has 0 spiro atoms. The maximum atomic E-state index is 9.27. The van der Waals surface area contributed by atoms with E-state index in [2.05, 4.69) is 0 Å². The molecule has 74 valence electrons. The maximum absolute atomic E-state index is 9.27. The summed E-state index contributed by atoms with van der Waals surface area (Å²) in [5.74, 6) is 0.245. The average molecular weight is 190 g/mol. The summed E-state index contributed by atoms with van der Waals surface area (Å²) in [6, 6.07) is 6.88. The average Bonchev–Trinajstić information content (AvgIpc) is 2.17. The van der Waals surface area contributed by atoms with Crippen LogP contribution in [0.25, 0.3) is 0 Å². The van der Waals surface area contributed by atoms with Crippen molar-refractivity contribution >= 4 is 0 Å². The molecular formula is C11H14N2O. The molecular weight excluding hydrogens is 176 g/mol. The Morgan fingerprint density at radius 3 is 2.86 bits per heavy atom. The number of hydrogen-bond acceptors (Lipinski definition) is 3. The largest absolute Gasteiger partial charge is 0.508 e. The minimum Gasteiger partial charge on any atom is -0.508 e. The number of nitriles is 1. The van der Waals surface area contributed by atoms with E-state index in [9.17, 15) is 5.11 Å². The van der Waals surface area contributed by atoms with Crippen molar-refractivity contribution in [3.05, 3.63) is 29.3 Å². The third-order valence-electron chi connectivity index (χ3n) is 2.22. The van der Waals surface area contributed by atoms with E-state index in [4.69, 9.17) is 11.0 Å². The van der Waals surface area contributed by atoms with Crippen molar-refractivity contribution in [2.75, 3.05) is 0 Å². The smallest absolute Gasteiger partial charge is 0.115 e. The van der Waals surface area contributed by atoms with E-state index in [0.717, 1.165) is 17.5 Å². The van der Waals surface area contributed by atoms with E-state index in [1.54, 1.807) is 18.2 Å². The Morgan fingerprint density at radius 1 is 1.57 bits per heavy atom. The Morgan fingerprint density at radius 2 is 2.29 bits per heavy atom. The van der Waals surface area contributed by atoms with Gasteiger partial charge in [-0.15, -0.1) is 0 Å². The number of nitrogens with zero attached hydrogens (tertiary/aromatic N) is 1. The number of rotatable bonds is 3. The van der Waals surface area contributed by atoms with E-state index in [-0.39, 0.29) is 11.8 Å². The van der Waals surface area contributed by atoms with Crippen molar-refractivity contribution in [2.24, 2.45) is 5.73 Å². The first-order chi connectivity index (χ1) is 6.69. The molecule has 1 aromatic carbocycles. The fourth-order valence-corrected chi connectivity index (χ4v) is 1.47. The minimum absolute atomic E-state index is 0.245. The van der Waals surface area contributed by atoms with Crippen molar-refractivity contribution in [2.45, 2.75) is 25.8 Å². The van der Waals surface area contributed by atoms with Gasteiger partial charge in [0.1, 0.15) is 5.75 Å². The van der Waals surface area contributed by atoms with Gasteiger partial charge in [-0.3, -0.25) is 0 Å². The molecule has 0 heterocycles. The normalized spacial score (nSPS) is 12.1. The van der Waals surface area contributed by atoms with Crippen molar-refractivity contribution in [1.82, 2.24) is 0 Å². The molecule has 0 fully saturated rings. The van der Waals surface area contributed by atoms with Gasteiger partial charge in [-0.2, -0.15) is 5.26 Å². The van der Waals surface area contributed by atoms with Crippen LogP contribution in [0.1, 0.15) is 30.5 Å². The highest BCUT2D eigenvalue weighted by Crippen LogP contribution is 2.23. The summed E-state index contributed by atoms with van der Waals surface area (Å²) in [4.78, 5) is 0. The van der Waals surface area contributed by atoms with Crippen LogP contribution in [0.3, 0.4) is 0 Å². The molecule has 0 aliphatic carbocycles. The van der Waals surface area contributed by atoms with Crippen LogP contribution in [-0.2, 0) is 6.42 Å². The molecule has 0 amide bonds. The summed E-state index contributed by atoms with van der Waals surface area (Å²) >= 11 is 0. The molecule has 14 heavy (non-hydrogen) atoms. The summed E-state index contributed by atoms with van der Waals surface area (Å²) in [6.07, 6.45) is 1.11. The Labute approximate surface area is 83.8 Å². The van der Waals surface area contributed by atoms with Crippen LogP contribution >= 0.6 is 0 Å². The monoisotopic (exact) mass is 190 g/mol. The Bertz CT molecular complexity index is 355. The molecule has 0 saturated heterocycles. The zero-order valence-corrected chi connectivity index (χ0v) is 8.20. The zero-order valence-electron chi connectivity index (χ0n) is 8.20. The third-order valence-corrected chi connectivity index (χ3v) is 2.22. The number of aromatic hydroxyl groups is 1. The first-order valence-electron chi connectivity index (χ1n) is 4.63. The Balaban J connectivity index is 3.02. The van der Waals surface area contributed by atoms with Crippen LogP contribution in [0.5, 0.6) is 5.75 Å². The number of hydrogen-bond donors (Lipinski definition) is 2. The molecule has 3 N–H and O–H groups in total. The number of nitrogens with two attached hydrogens (primary N) is 1. The second kappa shape index (κ2) is 4.64. The summed E-state index contributed by atoms with van der Waals surface area (Å²) < 4.78 is 0. The molecule has 3 heteroatoms. The summed E-state index contributed by atoms with van der Waals surface area (Å²) in [7, 11) is 0. The van der Waals surface area contributed by atoms with Crippen LogP contribution in [0.4, 0.5) is 0 Å². The first-order valence-corrected chi connectivity index (χ1v) is 4.63. The standard InChI is InChI=1S/C11H14N2O/c1-2-8-7-9(14)3-4-10(8)11(13)5-6-12/h3-4,7,11,14H,2,5,13H2,1H3/t11-/m0/s1. The fourth-order valence-electron chi connectivity index (χ4n) is 1.47. The van der Waals surface area contributed by atoms with Crippen LogP contribution in [0, 0.1) is 11.3 Å². The van der Waals surface area contributed by atoms with Gasteiger partial charge in [0.25, 0.3) is 0 Å². The predicted octanol–water partition coefficient (Wildman–Crippen LogP) is 1.87. The van der Waals surface area contributed by atoms with E-state index in [0.29, 0.717) is 6.42 Å². The fraction of sp³-hybridized carbons (Fsp3) is 0.364. The van der Waals surface area contributed by atoms with Gasteiger partial charge in [0.2, 0.25) is 0 Å². The van der Waals surface area contributed by atoms with Crippen LogP contribution in [0.15, 0.2) is 18.2 Å². The van der Waals surface area contributed by atoms with Gasteiger partial charge in [-0.25, -0.2) is 0 Å². The predicted molar refractivity (Wildman–Crippen MR) is 54.6 cm³/mol. The highest BCUT2D eigenvalue weighted by atomic mass is 16.3. The molecule has 0 unspecified atom stereocenters. The van der Waals surface area contributed by atoms with Crippen LogP contribution in [-0.4, -0.2) is 5.11 Å². The molecule has 0 aliphatic heterocycles. The van der Waals surface area contributed by atoms with E-state index in [1.807, 2.05) is 13.0 Å². The van der Waals surface area contributed by atoms with Gasteiger partial charge in [-0.05, 0) is 29.7 Å². The second-order valence-electron chi connectivity index (χ2n) is 3.21. The molecule has 0 aliphatic rings. The van der Waals surface area contributed by atoms with Crippen molar-refractivity contribution in [3.63, 3.8) is 0 Å². The lowest BCUT2D eigenvalue weighted by Gasteiger charge is -2.13. The number of benzene rings is 1. The summed E-state index contributed by atoms with van der Waals surface area (Å²) in [5, 5.41) is 17.8. The first kappa shape index (κ1) is 10.6. The van der Waals surface area contributed by atoms with Gasteiger partial charge in [0.15, 0.2) is 0 Å². The van der Waals surface area contributed by atoms with Gasteiger partial charge >= 0.3 is 0 Å². The topological polar surface area (TPSA) is 70.0 Å². The van der Waals surface area contributed by atoms with Crippen LogP contribution in [0.2, 0.25) is 0 Å². The van der Waals surface area contributed by atoms with Crippen molar-refractivity contribution in [3.8, 4) is 11.8 Å². The molecule has 1 aromatic rings. The summed E-state index contributed by atoms with van der Waals surface area (Å²) in [5.41, 5.74) is 7.79. The number of phenols is 1. The third kappa shape index (κ3) is 2.24. The number of phenolic OH excluding ortho intramolecular Hbond substituents is 1. The highest BCUT2D eigenvalue weighted by molar-refractivity contribution is 5.37. The van der Waals surface area contributed by atoms with E-state index >= 15 is 0 Å². The van der Waals surface area contributed by atoms with Gasteiger partial charge in [0.05, 0.1) is 12.5 Å². The maximum Gasteiger partial charge on any atom is 0.115 e. The molecule has 0 aromatic heterocycles. The van der Waals surface area contributed by atoms with Crippen molar-refractivity contribution < 1.29 is 5.11 Å². The molecule has 1 rings (SSSR count). The lowest BCUT2D eigenvalue weighted by molar-refractivity contribution is 0.474. The molecule has 0 saturated carbocycles. The van der Waals surface area contributed by atoms with Gasteiger partial charge < -0.3 is 10.8 Å². The van der Waals surface area contributed by atoms with Crippen molar-refractivity contribution in [1.29, 1.82) is 5.26 Å². The van der Waals surface area contributed by atoms with Gasteiger partial charge in [-0.1, -0.05) is 13.0 Å². The minimum atomic E-state index is -0.254. The van der Waals surface area contributed by atoms with Crippen LogP contribution < -0.4 is 5.73 Å².